The van der Waals surface area contributed by atoms with Crippen molar-refractivity contribution in [2.45, 2.75) is 76.4 Å². The number of fused-ring (bicyclic) bond motifs is 5. The molecule has 1 heterocycles. The van der Waals surface area contributed by atoms with Crippen molar-refractivity contribution < 1.29 is 37.4 Å². The quantitative estimate of drug-likeness (QED) is 0.492. The van der Waals surface area contributed by atoms with Crippen molar-refractivity contribution in [3.05, 3.63) is 48.0 Å². The van der Waals surface area contributed by atoms with E-state index in [1.807, 2.05) is 6.92 Å². The molecule has 0 radical (unpaired) electrons. The predicted octanol–water partition coefficient (Wildman–Crippen LogP) is 5.41. The summed E-state index contributed by atoms with van der Waals surface area (Å²) in [5.41, 5.74) is -6.46. The molecule has 6 nitrogen and oxygen atoms in total. The van der Waals surface area contributed by atoms with Crippen molar-refractivity contribution in [3.63, 3.8) is 0 Å². The number of hydrogen-bond donors (Lipinski definition) is 1. The van der Waals surface area contributed by atoms with E-state index in [9.17, 15) is 19.5 Å². The lowest BCUT2D eigenvalue weighted by Crippen LogP contribution is -2.71. The molecule has 0 saturated heterocycles. The number of carbonyl (C=O) groups is 3. The number of thioether (sulfide) groups is 1. The molecular formula is C29H34F2O6S. The summed E-state index contributed by atoms with van der Waals surface area (Å²) in [7, 11) is 0. The van der Waals surface area contributed by atoms with Crippen molar-refractivity contribution in [1.82, 2.24) is 0 Å². The van der Waals surface area contributed by atoms with Crippen LogP contribution in [-0.4, -0.2) is 51.8 Å². The van der Waals surface area contributed by atoms with Crippen LogP contribution in [0.15, 0.2) is 46.6 Å². The lowest BCUT2D eigenvalue weighted by molar-refractivity contribution is -0.229. The predicted molar refractivity (Wildman–Crippen MR) is 138 cm³/mol. The number of hydrogen-bond acceptors (Lipinski definition) is 7. The smallest absolute Gasteiger partial charge is 0.375 e. The molecule has 3 unspecified atom stereocenters. The van der Waals surface area contributed by atoms with E-state index in [-0.39, 0.29) is 35.7 Å². The summed E-state index contributed by atoms with van der Waals surface area (Å²) in [6.45, 7) is 5.39. The van der Waals surface area contributed by atoms with Crippen LogP contribution < -0.4 is 0 Å². The zero-order valence-electron chi connectivity index (χ0n) is 22.0. The van der Waals surface area contributed by atoms with Crippen molar-refractivity contribution in [2.75, 3.05) is 6.26 Å². The highest BCUT2D eigenvalue weighted by Crippen LogP contribution is 2.73. The third kappa shape index (κ3) is 3.17. The molecule has 5 rings (SSSR count). The molecule has 4 aliphatic carbocycles. The average Bonchev–Trinajstić information content (AvgIpc) is 3.52. The largest absolute Gasteiger partial charge is 0.457 e. The molecule has 1 N–H and O–H groups in total. The van der Waals surface area contributed by atoms with Crippen molar-refractivity contribution >= 4 is 28.6 Å². The first-order valence-corrected chi connectivity index (χ1v) is 14.5. The van der Waals surface area contributed by atoms with Crippen molar-refractivity contribution in [3.8, 4) is 0 Å². The number of furan rings is 1. The van der Waals surface area contributed by atoms with E-state index in [0.29, 0.717) is 12.8 Å². The lowest BCUT2D eigenvalue weighted by atomic mass is 9.43. The maximum Gasteiger partial charge on any atom is 0.375 e. The molecule has 1 aromatic heterocycles. The molecule has 9 atom stereocenters. The van der Waals surface area contributed by atoms with Gasteiger partial charge in [-0.25, -0.2) is 13.6 Å². The summed E-state index contributed by atoms with van der Waals surface area (Å²) in [6.07, 6.45) is 4.11. The monoisotopic (exact) mass is 548 g/mol. The third-order valence-electron chi connectivity index (χ3n) is 10.3. The number of aliphatic hydroxyl groups excluding tert-OH is 1. The Balaban J connectivity index is 1.68. The fourth-order valence-corrected chi connectivity index (χ4v) is 9.51. The Morgan fingerprint density at radius 3 is 2.58 bits per heavy atom. The molecule has 0 aromatic carbocycles. The van der Waals surface area contributed by atoms with Gasteiger partial charge in [0.25, 0.3) is 0 Å². The second kappa shape index (κ2) is 9.15. The Bertz CT molecular complexity index is 1210. The molecule has 38 heavy (non-hydrogen) atoms. The average molecular weight is 549 g/mol. The number of ether oxygens (including phenoxy) is 1. The van der Waals surface area contributed by atoms with E-state index in [4.69, 9.17) is 9.15 Å². The van der Waals surface area contributed by atoms with Gasteiger partial charge < -0.3 is 14.3 Å². The maximum atomic E-state index is 17.8. The number of allylic oxidation sites excluding steroid dienone is 4. The van der Waals surface area contributed by atoms with E-state index in [2.05, 4.69) is 0 Å². The van der Waals surface area contributed by atoms with Crippen LogP contribution in [-0.2, 0) is 14.3 Å². The normalized spacial score (nSPS) is 43.6. The van der Waals surface area contributed by atoms with Gasteiger partial charge in [-0.3, -0.25) is 9.59 Å². The zero-order chi connectivity index (χ0) is 27.7. The fourth-order valence-electron chi connectivity index (χ4n) is 8.76. The molecule has 3 fully saturated rings. The summed E-state index contributed by atoms with van der Waals surface area (Å²) < 4.78 is 45.1. The summed E-state index contributed by atoms with van der Waals surface area (Å²) in [6, 6.07) is 2.99. The van der Waals surface area contributed by atoms with Crippen LogP contribution >= 0.6 is 11.8 Å². The molecule has 1 aromatic rings. The van der Waals surface area contributed by atoms with Gasteiger partial charge in [-0.2, -0.15) is 0 Å². The van der Waals surface area contributed by atoms with Gasteiger partial charge in [0, 0.05) is 22.7 Å². The van der Waals surface area contributed by atoms with Gasteiger partial charge in [-0.05, 0) is 74.1 Å². The van der Waals surface area contributed by atoms with Crippen LogP contribution in [0, 0.1) is 28.6 Å². The van der Waals surface area contributed by atoms with Gasteiger partial charge in [0.2, 0.25) is 10.9 Å². The molecular weight excluding hydrogens is 514 g/mol. The number of carbonyl (C=O) groups excluding carboxylic acids is 3. The second-order valence-electron chi connectivity index (χ2n) is 11.3. The van der Waals surface area contributed by atoms with Crippen LogP contribution in [0.5, 0.6) is 0 Å². The van der Waals surface area contributed by atoms with Crippen molar-refractivity contribution in [1.29, 1.82) is 0 Å². The van der Waals surface area contributed by atoms with Crippen LogP contribution in [0.2, 0.25) is 0 Å². The number of alkyl halides is 2. The number of rotatable bonds is 5. The molecule has 9 heteroatoms. The number of esters is 1. The van der Waals surface area contributed by atoms with Gasteiger partial charge in [0.1, 0.15) is 6.17 Å². The van der Waals surface area contributed by atoms with Gasteiger partial charge in [-0.1, -0.05) is 38.6 Å². The topological polar surface area (TPSA) is 93.8 Å². The molecule has 0 amide bonds. The highest BCUT2D eigenvalue weighted by atomic mass is 32.2. The van der Waals surface area contributed by atoms with E-state index in [1.165, 1.54) is 30.6 Å². The van der Waals surface area contributed by atoms with Crippen molar-refractivity contribution in [2.24, 2.45) is 28.6 Å². The summed E-state index contributed by atoms with van der Waals surface area (Å²) in [5.74, 6) is -3.29. The van der Waals surface area contributed by atoms with E-state index in [0.717, 1.165) is 11.8 Å². The van der Waals surface area contributed by atoms with E-state index < -0.39 is 63.9 Å². The van der Waals surface area contributed by atoms with Crippen LogP contribution in [0.1, 0.15) is 63.4 Å². The highest BCUT2D eigenvalue weighted by Gasteiger charge is 2.79. The SMILES string of the molecule is CC[C@]12C[C@H](O)[C@@]3(F)C(C[C@H](F)C4=CC(=O)C=C[C@@]43CC)C1CC(C)[C@]2(OC(=O)c1ccco1)C(=O)SC. The van der Waals surface area contributed by atoms with E-state index >= 15 is 8.78 Å². The minimum Gasteiger partial charge on any atom is -0.457 e. The van der Waals surface area contributed by atoms with Crippen LogP contribution in [0.4, 0.5) is 8.78 Å². The molecule has 0 aliphatic heterocycles. The molecule has 4 aliphatic rings. The van der Waals surface area contributed by atoms with Gasteiger partial charge in [0.05, 0.1) is 12.4 Å². The molecule has 0 spiro atoms. The molecule has 0 bridgehead atoms. The Hall–Kier alpha value is -2.26. The van der Waals surface area contributed by atoms with Crippen LogP contribution in [0.3, 0.4) is 0 Å². The lowest BCUT2D eigenvalue weighted by Gasteiger charge is -2.64. The summed E-state index contributed by atoms with van der Waals surface area (Å²) in [5, 5.41) is 11.4. The summed E-state index contributed by atoms with van der Waals surface area (Å²) in [4.78, 5) is 39.2. The minimum absolute atomic E-state index is 0.0606. The second-order valence-corrected chi connectivity index (χ2v) is 12.1. The zero-order valence-corrected chi connectivity index (χ0v) is 22.9. The minimum atomic E-state index is -2.26. The Labute approximate surface area is 225 Å². The number of halogens is 2. The molecule has 3 saturated carbocycles. The Morgan fingerprint density at radius 1 is 1.24 bits per heavy atom. The Morgan fingerprint density at radius 2 is 1.97 bits per heavy atom. The third-order valence-corrected chi connectivity index (χ3v) is 11.0. The van der Waals surface area contributed by atoms with Crippen LogP contribution in [0.25, 0.3) is 0 Å². The molecule has 206 valence electrons. The van der Waals surface area contributed by atoms with Gasteiger partial charge in [0.15, 0.2) is 17.1 Å². The van der Waals surface area contributed by atoms with E-state index in [1.54, 1.807) is 26.2 Å². The number of aliphatic hydroxyl groups is 1. The maximum absolute atomic E-state index is 17.8. The van der Waals surface area contributed by atoms with Gasteiger partial charge in [-0.15, -0.1) is 0 Å². The summed E-state index contributed by atoms with van der Waals surface area (Å²) >= 11 is 0.932. The highest BCUT2D eigenvalue weighted by molar-refractivity contribution is 8.13. The Kier molecular flexibility index (Phi) is 6.58. The first kappa shape index (κ1) is 27.3. The van der Waals surface area contributed by atoms with Gasteiger partial charge >= 0.3 is 5.97 Å². The number of ketones is 1. The first-order valence-electron chi connectivity index (χ1n) is 13.3. The standard InChI is InChI=1S/C29H34F2O6S/c1-5-26-10-9-17(32)13-20(26)21(30)14-19-18-12-16(3)29(25(35)38-4,37-24(34)22-8-7-11-36-22)27(18,6-2)15-23(33)28(19,26)31/h7-11,13,16,18-19,21,23,33H,5-6,12,14-15H2,1-4H3/t16?,18?,19?,21-,23-,26-,27-,28-,29-/m0/s1. The first-order chi connectivity index (χ1) is 18.0. The fraction of sp³-hybridized carbons (Fsp3) is 0.621.